The number of halogens is 3. The average Bonchev–Trinajstić information content (AvgIpc) is 2.74. The maximum Gasteiger partial charge on any atom is 0.270 e. The zero-order chi connectivity index (χ0) is 21.5. The molecule has 2 nitrogen and oxygen atoms in total. The van der Waals surface area contributed by atoms with Crippen LogP contribution >= 0.6 is 0 Å². The highest BCUT2D eigenvalue weighted by atomic mass is 19.3. The van der Waals surface area contributed by atoms with Crippen LogP contribution in [0.3, 0.4) is 0 Å². The number of benzene rings is 2. The lowest BCUT2D eigenvalue weighted by atomic mass is 9.92. The van der Waals surface area contributed by atoms with E-state index >= 15 is 0 Å². The van der Waals surface area contributed by atoms with Crippen molar-refractivity contribution in [1.82, 2.24) is 0 Å². The van der Waals surface area contributed by atoms with Crippen LogP contribution in [0.25, 0.3) is 11.1 Å². The van der Waals surface area contributed by atoms with Crippen molar-refractivity contribution in [2.75, 3.05) is 13.2 Å². The third-order valence-electron chi connectivity index (χ3n) is 5.84. The van der Waals surface area contributed by atoms with Crippen LogP contribution in [0.1, 0.15) is 63.5 Å². The highest BCUT2D eigenvalue weighted by Gasteiger charge is 2.23. The third-order valence-corrected chi connectivity index (χ3v) is 5.84. The average molecular weight is 421 g/mol. The predicted molar refractivity (Wildman–Crippen MR) is 114 cm³/mol. The summed E-state index contributed by atoms with van der Waals surface area (Å²) in [6.07, 6.45) is 4.01. The Bertz CT molecular complexity index is 797. The molecule has 2 aromatic rings. The summed E-state index contributed by atoms with van der Waals surface area (Å²) in [6.45, 7) is 4.96. The van der Waals surface area contributed by atoms with Crippen LogP contribution in [-0.4, -0.2) is 19.3 Å². The molecule has 164 valence electrons. The van der Waals surface area contributed by atoms with Crippen molar-refractivity contribution in [1.29, 1.82) is 0 Å². The van der Waals surface area contributed by atoms with Crippen LogP contribution in [0.5, 0.6) is 5.75 Å². The first-order valence-corrected chi connectivity index (χ1v) is 11.0. The summed E-state index contributed by atoms with van der Waals surface area (Å²) in [5.41, 5.74) is 1.21. The van der Waals surface area contributed by atoms with Crippen LogP contribution in [0.2, 0.25) is 0 Å². The van der Waals surface area contributed by atoms with Gasteiger partial charge in [-0.15, -0.1) is 0 Å². The summed E-state index contributed by atoms with van der Waals surface area (Å²) in [5, 5.41) is 0. The molecular weight excluding hydrogens is 389 g/mol. The summed E-state index contributed by atoms with van der Waals surface area (Å²) < 4.78 is 52.7. The van der Waals surface area contributed by atoms with E-state index in [1.807, 2.05) is 12.1 Å². The largest absolute Gasteiger partial charge is 0.493 e. The Morgan fingerprint density at radius 3 is 2.40 bits per heavy atom. The summed E-state index contributed by atoms with van der Waals surface area (Å²) >= 11 is 0. The molecule has 0 aromatic heterocycles. The van der Waals surface area contributed by atoms with Crippen LogP contribution in [0.15, 0.2) is 36.4 Å². The smallest absolute Gasteiger partial charge is 0.270 e. The molecule has 1 aliphatic heterocycles. The molecular formula is C25H31F3O2. The van der Waals surface area contributed by atoms with Gasteiger partial charge in [0.1, 0.15) is 11.6 Å². The fourth-order valence-corrected chi connectivity index (χ4v) is 4.19. The van der Waals surface area contributed by atoms with E-state index in [1.54, 1.807) is 19.1 Å². The molecule has 1 saturated heterocycles. The number of ether oxygens (including phenoxy) is 2. The van der Waals surface area contributed by atoms with Crippen LogP contribution in [0.4, 0.5) is 13.2 Å². The number of hydrogen-bond acceptors (Lipinski definition) is 2. The van der Waals surface area contributed by atoms with Crippen LogP contribution in [-0.2, 0) is 11.2 Å². The van der Waals surface area contributed by atoms with E-state index in [1.165, 1.54) is 31.4 Å². The Morgan fingerprint density at radius 1 is 1.03 bits per heavy atom. The molecule has 0 spiro atoms. The maximum absolute atomic E-state index is 14.8. The van der Waals surface area contributed by atoms with Crippen molar-refractivity contribution in [2.24, 2.45) is 5.92 Å². The van der Waals surface area contributed by atoms with E-state index in [9.17, 15) is 13.2 Å². The minimum Gasteiger partial charge on any atom is -0.493 e. The first-order valence-electron chi connectivity index (χ1n) is 11.0. The van der Waals surface area contributed by atoms with Gasteiger partial charge in [0.2, 0.25) is 0 Å². The van der Waals surface area contributed by atoms with Crippen molar-refractivity contribution in [3.05, 3.63) is 53.3 Å². The van der Waals surface area contributed by atoms with Crippen molar-refractivity contribution in [2.45, 2.75) is 64.9 Å². The van der Waals surface area contributed by atoms with Gasteiger partial charge >= 0.3 is 0 Å². The number of hydrogen-bond donors (Lipinski definition) is 0. The van der Waals surface area contributed by atoms with E-state index in [4.69, 9.17) is 9.47 Å². The second-order valence-electron chi connectivity index (χ2n) is 8.00. The molecule has 0 saturated carbocycles. The fourth-order valence-electron chi connectivity index (χ4n) is 4.19. The first-order chi connectivity index (χ1) is 14.5. The third kappa shape index (κ3) is 5.57. The van der Waals surface area contributed by atoms with Gasteiger partial charge in [-0.2, -0.15) is 0 Å². The number of aryl methyl sites for hydroxylation is 1. The second-order valence-corrected chi connectivity index (χ2v) is 8.00. The van der Waals surface area contributed by atoms with E-state index < -0.39 is 17.8 Å². The standard InChI is InChI=1S/C25H31F3O2/c1-3-5-18-9-13-20(30-16-18)12-8-17-6-10-19(11-7-17)21-14-15-22(29-4-2)23(24(21)26)25(27)28/h6-7,10-11,14-15,18,20,25H,3-5,8-9,12-13,16H2,1-2H3. The van der Waals surface area contributed by atoms with Gasteiger partial charge in [-0.3, -0.25) is 0 Å². The van der Waals surface area contributed by atoms with Gasteiger partial charge in [-0.25, -0.2) is 13.2 Å². The SMILES string of the molecule is CCCC1CCC(CCc2ccc(-c3ccc(OCC)c(C(F)F)c3F)cc2)OC1. The first kappa shape index (κ1) is 22.7. The molecule has 1 fully saturated rings. The summed E-state index contributed by atoms with van der Waals surface area (Å²) in [6, 6.07) is 10.4. The molecule has 0 N–H and O–H groups in total. The Kier molecular flexibility index (Phi) is 8.20. The van der Waals surface area contributed by atoms with Crippen LogP contribution in [0, 0.1) is 11.7 Å². The molecule has 2 atom stereocenters. The maximum atomic E-state index is 14.8. The van der Waals surface area contributed by atoms with Gasteiger partial charge in [0.25, 0.3) is 6.43 Å². The van der Waals surface area contributed by atoms with Gasteiger partial charge in [0.05, 0.1) is 18.3 Å². The molecule has 2 unspecified atom stereocenters. The second kappa shape index (κ2) is 10.9. The minimum atomic E-state index is -2.93. The van der Waals surface area contributed by atoms with Gasteiger partial charge in [-0.1, -0.05) is 37.6 Å². The van der Waals surface area contributed by atoms with Crippen molar-refractivity contribution >= 4 is 0 Å². The zero-order valence-electron chi connectivity index (χ0n) is 17.8. The Hall–Kier alpha value is -2.01. The molecule has 0 radical (unpaired) electrons. The lowest BCUT2D eigenvalue weighted by molar-refractivity contribution is -0.0215. The van der Waals surface area contributed by atoms with Crippen molar-refractivity contribution < 1.29 is 22.6 Å². The van der Waals surface area contributed by atoms with Gasteiger partial charge in [0.15, 0.2) is 0 Å². The van der Waals surface area contributed by atoms with E-state index in [0.29, 0.717) is 17.6 Å². The molecule has 2 aromatic carbocycles. The predicted octanol–water partition coefficient (Wildman–Crippen LogP) is 7.36. The quantitative estimate of drug-likeness (QED) is 0.422. The Labute approximate surface area is 177 Å². The fraction of sp³-hybridized carbons (Fsp3) is 0.520. The molecule has 3 rings (SSSR count). The van der Waals surface area contributed by atoms with Crippen LogP contribution < -0.4 is 4.74 Å². The summed E-state index contributed by atoms with van der Waals surface area (Å²) in [7, 11) is 0. The number of alkyl halides is 2. The van der Waals surface area contributed by atoms with E-state index in [-0.39, 0.29) is 17.9 Å². The van der Waals surface area contributed by atoms with E-state index in [0.717, 1.165) is 31.4 Å². The summed E-state index contributed by atoms with van der Waals surface area (Å²) in [4.78, 5) is 0. The lowest BCUT2D eigenvalue weighted by Crippen LogP contribution is -2.26. The Morgan fingerprint density at radius 2 is 1.80 bits per heavy atom. The number of rotatable bonds is 9. The molecule has 0 amide bonds. The molecule has 0 bridgehead atoms. The molecule has 5 heteroatoms. The van der Waals surface area contributed by atoms with E-state index in [2.05, 4.69) is 6.92 Å². The van der Waals surface area contributed by atoms with Gasteiger partial charge in [-0.05, 0) is 68.2 Å². The van der Waals surface area contributed by atoms with Crippen molar-refractivity contribution in [3.8, 4) is 16.9 Å². The molecule has 0 aliphatic carbocycles. The highest BCUT2D eigenvalue weighted by Crippen LogP contribution is 2.37. The van der Waals surface area contributed by atoms with Gasteiger partial charge < -0.3 is 9.47 Å². The Balaban J connectivity index is 1.64. The minimum absolute atomic E-state index is 0.0981. The monoisotopic (exact) mass is 420 g/mol. The normalized spacial score (nSPS) is 19.3. The highest BCUT2D eigenvalue weighted by molar-refractivity contribution is 5.67. The summed E-state index contributed by atoms with van der Waals surface area (Å²) in [5.74, 6) is -0.312. The lowest BCUT2D eigenvalue weighted by Gasteiger charge is -2.29. The van der Waals surface area contributed by atoms with Gasteiger partial charge in [0, 0.05) is 12.2 Å². The van der Waals surface area contributed by atoms with Crippen molar-refractivity contribution in [3.63, 3.8) is 0 Å². The zero-order valence-corrected chi connectivity index (χ0v) is 17.8. The molecule has 1 heterocycles. The molecule has 30 heavy (non-hydrogen) atoms. The molecule has 1 aliphatic rings. The topological polar surface area (TPSA) is 18.5 Å².